The lowest BCUT2D eigenvalue weighted by Gasteiger charge is -2.22. The Hall–Kier alpha value is -1.38. The Morgan fingerprint density at radius 2 is 2.24 bits per heavy atom. The van der Waals surface area contributed by atoms with Crippen molar-refractivity contribution < 1.29 is 4.39 Å². The lowest BCUT2D eigenvalue weighted by Crippen LogP contribution is -2.29. The summed E-state index contributed by atoms with van der Waals surface area (Å²) < 4.78 is 13.1. The van der Waals surface area contributed by atoms with Crippen LogP contribution in [0, 0.1) is 23.1 Å². The first kappa shape index (κ1) is 10.8. The molecule has 3 heteroatoms. The van der Waals surface area contributed by atoms with Gasteiger partial charge in [-0.1, -0.05) is 13.0 Å². The number of hydrogen-bond donors (Lipinski definition) is 1. The lowest BCUT2D eigenvalue weighted by atomic mass is 10.1. The first-order valence-corrected chi connectivity index (χ1v) is 6.27. The van der Waals surface area contributed by atoms with Crippen LogP contribution in [0.2, 0.25) is 0 Å². The van der Waals surface area contributed by atoms with E-state index in [0.29, 0.717) is 11.8 Å². The van der Waals surface area contributed by atoms with Crippen LogP contribution in [0.3, 0.4) is 0 Å². The Balaban J connectivity index is 1.76. The van der Waals surface area contributed by atoms with Crippen molar-refractivity contribution in [2.45, 2.75) is 26.3 Å². The van der Waals surface area contributed by atoms with E-state index in [0.717, 1.165) is 30.1 Å². The van der Waals surface area contributed by atoms with Crippen molar-refractivity contribution in [2.24, 2.45) is 11.8 Å². The monoisotopic (exact) mass is 232 g/mol. The zero-order valence-electron chi connectivity index (χ0n) is 10.0. The summed E-state index contributed by atoms with van der Waals surface area (Å²) in [6.45, 7) is 3.96. The molecule has 0 aromatic heterocycles. The predicted molar refractivity (Wildman–Crippen MR) is 65.5 cm³/mol. The smallest absolute Gasteiger partial charge is 0.128 e. The van der Waals surface area contributed by atoms with Crippen molar-refractivity contribution in [2.75, 3.05) is 6.54 Å². The van der Waals surface area contributed by atoms with Crippen LogP contribution in [0.4, 0.5) is 4.39 Å². The third kappa shape index (κ3) is 1.94. The van der Waals surface area contributed by atoms with Crippen LogP contribution in [0.1, 0.15) is 30.9 Å². The number of nitrogens with zero attached hydrogens (tertiary/aromatic N) is 1. The van der Waals surface area contributed by atoms with Gasteiger partial charge in [0, 0.05) is 18.7 Å². The molecule has 1 N–H and O–H groups in total. The molecule has 1 unspecified atom stereocenters. The first-order chi connectivity index (χ1) is 8.15. The maximum absolute atomic E-state index is 13.1. The second-order valence-corrected chi connectivity index (χ2v) is 5.35. The first-order valence-electron chi connectivity index (χ1n) is 6.27. The molecule has 2 aliphatic rings. The van der Waals surface area contributed by atoms with E-state index in [2.05, 4.69) is 11.8 Å². The highest BCUT2D eigenvalue weighted by atomic mass is 19.1. The van der Waals surface area contributed by atoms with E-state index in [-0.39, 0.29) is 5.82 Å². The van der Waals surface area contributed by atoms with Gasteiger partial charge in [0.05, 0.1) is 0 Å². The van der Waals surface area contributed by atoms with E-state index in [1.807, 2.05) is 0 Å². The molecule has 0 amide bonds. The molecule has 0 bridgehead atoms. The molecule has 1 fully saturated rings. The van der Waals surface area contributed by atoms with E-state index in [1.54, 1.807) is 6.07 Å². The fourth-order valence-electron chi connectivity index (χ4n) is 2.68. The normalized spacial score (nSPS) is 20.6. The molecule has 1 atom stereocenters. The molecular weight excluding hydrogens is 215 g/mol. The van der Waals surface area contributed by atoms with E-state index in [4.69, 9.17) is 5.41 Å². The Morgan fingerprint density at radius 1 is 1.47 bits per heavy atom. The molecular formula is C14H17FN2. The van der Waals surface area contributed by atoms with Gasteiger partial charge in [0.15, 0.2) is 0 Å². The Morgan fingerprint density at radius 3 is 2.94 bits per heavy atom. The van der Waals surface area contributed by atoms with Gasteiger partial charge in [0.1, 0.15) is 11.7 Å². The van der Waals surface area contributed by atoms with Crippen molar-refractivity contribution >= 4 is 5.84 Å². The number of fused-ring (bicyclic) bond motifs is 1. The Bertz CT molecular complexity index is 465. The topological polar surface area (TPSA) is 27.1 Å². The number of amidine groups is 1. The van der Waals surface area contributed by atoms with Crippen LogP contribution in [-0.4, -0.2) is 17.3 Å². The molecule has 1 aromatic rings. The number of rotatable bonds is 3. The van der Waals surface area contributed by atoms with Gasteiger partial charge in [-0.3, -0.25) is 5.41 Å². The maximum atomic E-state index is 13.1. The average molecular weight is 232 g/mol. The number of halogens is 1. The van der Waals surface area contributed by atoms with Crippen molar-refractivity contribution in [3.05, 3.63) is 35.1 Å². The summed E-state index contributed by atoms with van der Waals surface area (Å²) in [6, 6.07) is 4.78. The van der Waals surface area contributed by atoms with Crippen LogP contribution in [0.15, 0.2) is 18.2 Å². The molecule has 1 aliphatic carbocycles. The van der Waals surface area contributed by atoms with Gasteiger partial charge in [-0.25, -0.2) is 4.39 Å². The van der Waals surface area contributed by atoms with Crippen LogP contribution >= 0.6 is 0 Å². The average Bonchev–Trinajstić information content (AvgIpc) is 3.09. The standard InChI is InChI=1S/C14H17FN2/c1-9(10-2-3-10)7-17-8-11-4-5-12(15)6-13(11)14(17)16/h4-6,9-10,16H,2-3,7-8H2,1H3. The second-order valence-electron chi connectivity index (χ2n) is 5.35. The summed E-state index contributed by atoms with van der Waals surface area (Å²) in [5.41, 5.74) is 1.85. The van der Waals surface area contributed by atoms with E-state index in [9.17, 15) is 4.39 Å². The summed E-state index contributed by atoms with van der Waals surface area (Å²) in [5.74, 6) is 1.75. The number of hydrogen-bond acceptors (Lipinski definition) is 1. The Labute approximate surface area is 101 Å². The molecule has 1 aliphatic heterocycles. The van der Waals surface area contributed by atoms with E-state index < -0.39 is 0 Å². The zero-order chi connectivity index (χ0) is 12.0. The summed E-state index contributed by atoms with van der Waals surface area (Å²) in [7, 11) is 0. The van der Waals surface area contributed by atoms with Crippen LogP contribution in [0.25, 0.3) is 0 Å². The van der Waals surface area contributed by atoms with Gasteiger partial charge >= 0.3 is 0 Å². The minimum absolute atomic E-state index is 0.245. The molecule has 1 aromatic carbocycles. The molecule has 0 spiro atoms. The van der Waals surface area contributed by atoms with Gasteiger partial charge in [0.2, 0.25) is 0 Å². The largest absolute Gasteiger partial charge is 0.352 e. The van der Waals surface area contributed by atoms with E-state index in [1.165, 1.54) is 25.0 Å². The SMILES string of the molecule is CC(CN1Cc2ccc(F)cc2C1=N)C1CC1. The summed E-state index contributed by atoms with van der Waals surface area (Å²) in [6.07, 6.45) is 2.67. The third-order valence-corrected chi connectivity index (χ3v) is 3.94. The molecule has 1 saturated carbocycles. The predicted octanol–water partition coefficient (Wildman–Crippen LogP) is 3.01. The van der Waals surface area contributed by atoms with Gasteiger partial charge in [-0.05, 0) is 42.4 Å². The van der Waals surface area contributed by atoms with Gasteiger partial charge in [-0.2, -0.15) is 0 Å². The highest BCUT2D eigenvalue weighted by molar-refractivity contribution is 6.00. The fraction of sp³-hybridized carbons (Fsp3) is 0.500. The number of nitrogens with one attached hydrogen (secondary N) is 1. The highest BCUT2D eigenvalue weighted by Crippen LogP contribution is 2.37. The minimum Gasteiger partial charge on any atom is -0.352 e. The maximum Gasteiger partial charge on any atom is 0.128 e. The zero-order valence-corrected chi connectivity index (χ0v) is 10.0. The Kier molecular flexibility index (Phi) is 2.42. The van der Waals surface area contributed by atoms with Crippen LogP contribution in [0.5, 0.6) is 0 Å². The van der Waals surface area contributed by atoms with Crippen LogP contribution in [-0.2, 0) is 6.54 Å². The van der Waals surface area contributed by atoms with E-state index >= 15 is 0 Å². The van der Waals surface area contributed by atoms with Gasteiger partial charge in [0.25, 0.3) is 0 Å². The van der Waals surface area contributed by atoms with Crippen molar-refractivity contribution in [1.29, 1.82) is 5.41 Å². The number of benzene rings is 1. The van der Waals surface area contributed by atoms with Crippen molar-refractivity contribution in [3.8, 4) is 0 Å². The van der Waals surface area contributed by atoms with Gasteiger partial charge < -0.3 is 4.90 Å². The van der Waals surface area contributed by atoms with Gasteiger partial charge in [-0.15, -0.1) is 0 Å². The summed E-state index contributed by atoms with van der Waals surface area (Å²) >= 11 is 0. The molecule has 17 heavy (non-hydrogen) atoms. The molecule has 2 nitrogen and oxygen atoms in total. The quantitative estimate of drug-likeness (QED) is 0.852. The summed E-state index contributed by atoms with van der Waals surface area (Å²) in [4.78, 5) is 2.08. The molecule has 0 saturated heterocycles. The van der Waals surface area contributed by atoms with Crippen molar-refractivity contribution in [3.63, 3.8) is 0 Å². The fourth-order valence-corrected chi connectivity index (χ4v) is 2.68. The third-order valence-electron chi connectivity index (χ3n) is 3.94. The minimum atomic E-state index is -0.245. The molecule has 3 rings (SSSR count). The lowest BCUT2D eigenvalue weighted by molar-refractivity contribution is 0.332. The summed E-state index contributed by atoms with van der Waals surface area (Å²) in [5, 5.41) is 8.10. The highest BCUT2D eigenvalue weighted by Gasteiger charge is 2.32. The van der Waals surface area contributed by atoms with Crippen LogP contribution < -0.4 is 0 Å². The molecule has 1 heterocycles. The molecule has 90 valence electrons. The van der Waals surface area contributed by atoms with Crippen molar-refractivity contribution in [1.82, 2.24) is 4.90 Å². The second kappa shape index (κ2) is 3.83. The molecule has 0 radical (unpaired) electrons.